The summed E-state index contributed by atoms with van der Waals surface area (Å²) in [5, 5.41) is 0.681. The molecule has 1 aliphatic rings. The first-order valence-corrected chi connectivity index (χ1v) is 10.4. The van der Waals surface area contributed by atoms with Crippen LogP contribution in [0.1, 0.15) is 47.2 Å². The molecule has 30 heavy (non-hydrogen) atoms. The van der Waals surface area contributed by atoms with Gasteiger partial charge >= 0.3 is 0 Å². The van der Waals surface area contributed by atoms with Gasteiger partial charge < -0.3 is 9.64 Å². The zero-order valence-electron chi connectivity index (χ0n) is 17.4. The fraction of sp³-hybridized carbons (Fsp3) is 0.292. The number of carbonyl (C=O) groups is 1. The molecule has 0 unspecified atom stereocenters. The molecule has 0 fully saturated rings. The van der Waals surface area contributed by atoms with Gasteiger partial charge in [-0.3, -0.25) is 4.79 Å². The lowest BCUT2D eigenvalue weighted by atomic mass is 9.97. The number of carbonyl (C=O) groups excluding carboxylic acids is 1. The first kappa shape index (κ1) is 20.4. The van der Waals surface area contributed by atoms with E-state index >= 15 is 0 Å². The van der Waals surface area contributed by atoms with Gasteiger partial charge in [0.15, 0.2) is 0 Å². The molecule has 0 atom stereocenters. The van der Waals surface area contributed by atoms with Crippen LogP contribution in [-0.2, 0) is 13.0 Å². The number of hydrogen-bond acceptors (Lipinski definition) is 4. The maximum absolute atomic E-state index is 13.2. The second-order valence-corrected chi connectivity index (χ2v) is 8.16. The first-order valence-electron chi connectivity index (χ1n) is 10.0. The quantitative estimate of drug-likeness (QED) is 0.586. The van der Waals surface area contributed by atoms with Crippen LogP contribution in [0.5, 0.6) is 5.75 Å². The molecule has 0 N–H and O–H groups in total. The highest BCUT2D eigenvalue weighted by Gasteiger charge is 2.27. The summed E-state index contributed by atoms with van der Waals surface area (Å²) in [6, 6.07) is 14.9. The van der Waals surface area contributed by atoms with E-state index in [1.165, 1.54) is 0 Å². The van der Waals surface area contributed by atoms with Crippen LogP contribution in [0.4, 0.5) is 0 Å². The van der Waals surface area contributed by atoms with Gasteiger partial charge in [0.1, 0.15) is 11.6 Å². The van der Waals surface area contributed by atoms with Crippen LogP contribution in [0.3, 0.4) is 0 Å². The lowest BCUT2D eigenvalue weighted by Gasteiger charge is -2.30. The Hall–Kier alpha value is -2.92. The number of aromatic nitrogens is 2. The van der Waals surface area contributed by atoms with Crippen molar-refractivity contribution >= 4 is 17.5 Å². The lowest BCUT2D eigenvalue weighted by molar-refractivity contribution is 0.0733. The van der Waals surface area contributed by atoms with Crippen molar-refractivity contribution in [2.75, 3.05) is 13.7 Å². The predicted octanol–water partition coefficient (Wildman–Crippen LogP) is 5.13. The minimum atomic E-state index is -0.0189. The zero-order valence-corrected chi connectivity index (χ0v) is 18.1. The van der Waals surface area contributed by atoms with E-state index in [2.05, 4.69) is 13.8 Å². The molecule has 3 aromatic rings. The third-order valence-electron chi connectivity index (χ3n) is 5.32. The van der Waals surface area contributed by atoms with Gasteiger partial charge in [-0.15, -0.1) is 0 Å². The Morgan fingerprint density at radius 1 is 1.13 bits per heavy atom. The van der Waals surface area contributed by atoms with Gasteiger partial charge in [-0.1, -0.05) is 43.6 Å². The molecule has 2 heterocycles. The molecule has 0 bridgehead atoms. The number of hydrogen-bond donors (Lipinski definition) is 0. The number of ether oxygens (including phenoxy) is 1. The van der Waals surface area contributed by atoms with Gasteiger partial charge in [0.25, 0.3) is 5.91 Å². The van der Waals surface area contributed by atoms with Gasteiger partial charge in [-0.2, -0.15) is 0 Å². The van der Waals surface area contributed by atoms with Crippen molar-refractivity contribution in [1.29, 1.82) is 0 Å². The molecule has 4 rings (SSSR count). The van der Waals surface area contributed by atoms with E-state index in [0.717, 1.165) is 28.3 Å². The van der Waals surface area contributed by atoms with E-state index in [9.17, 15) is 4.79 Å². The average molecular weight is 422 g/mol. The third kappa shape index (κ3) is 4.03. The summed E-state index contributed by atoms with van der Waals surface area (Å²) in [5.74, 6) is 1.70. The summed E-state index contributed by atoms with van der Waals surface area (Å²) in [6.45, 7) is 5.28. The topological polar surface area (TPSA) is 55.3 Å². The van der Waals surface area contributed by atoms with Crippen molar-refractivity contribution in [3.05, 3.63) is 76.2 Å². The molecule has 0 aliphatic carbocycles. The number of amides is 1. The van der Waals surface area contributed by atoms with Crippen LogP contribution in [0.2, 0.25) is 5.02 Å². The van der Waals surface area contributed by atoms with Crippen LogP contribution in [-0.4, -0.2) is 34.4 Å². The Morgan fingerprint density at radius 2 is 1.90 bits per heavy atom. The summed E-state index contributed by atoms with van der Waals surface area (Å²) >= 11 is 6.09. The van der Waals surface area contributed by atoms with E-state index in [1.54, 1.807) is 13.2 Å². The second-order valence-electron chi connectivity index (χ2n) is 7.73. The second kappa shape index (κ2) is 8.44. The number of rotatable bonds is 4. The Kier molecular flexibility index (Phi) is 5.73. The highest BCUT2D eigenvalue weighted by molar-refractivity contribution is 6.30. The molecule has 1 aliphatic heterocycles. The Balaban J connectivity index is 1.72. The average Bonchev–Trinajstić information content (AvgIpc) is 2.78. The van der Waals surface area contributed by atoms with Crippen LogP contribution >= 0.6 is 11.6 Å². The van der Waals surface area contributed by atoms with Gasteiger partial charge in [0.05, 0.1) is 18.5 Å². The summed E-state index contributed by atoms with van der Waals surface area (Å²) < 4.78 is 5.27. The maximum Gasteiger partial charge on any atom is 0.254 e. The van der Waals surface area contributed by atoms with E-state index in [-0.39, 0.29) is 11.8 Å². The molecule has 1 amide bonds. The SMILES string of the molecule is COc1cccc(C(=O)N2CCc3nc(C(C)C)nc(-c4ccc(Cl)cc4)c3C2)c1. The number of benzene rings is 2. The van der Waals surface area contributed by atoms with E-state index < -0.39 is 0 Å². The van der Waals surface area contributed by atoms with Crippen LogP contribution < -0.4 is 4.74 Å². The Morgan fingerprint density at radius 3 is 2.60 bits per heavy atom. The summed E-state index contributed by atoms with van der Waals surface area (Å²) in [6.07, 6.45) is 0.702. The Bertz CT molecular complexity index is 1080. The largest absolute Gasteiger partial charge is 0.497 e. The number of nitrogens with zero attached hydrogens (tertiary/aromatic N) is 3. The highest BCUT2D eigenvalue weighted by Crippen LogP contribution is 2.31. The molecular formula is C24H24ClN3O2. The number of methoxy groups -OCH3 is 1. The molecule has 0 spiro atoms. The zero-order chi connectivity index (χ0) is 21.3. The van der Waals surface area contributed by atoms with Crippen molar-refractivity contribution in [1.82, 2.24) is 14.9 Å². The van der Waals surface area contributed by atoms with Crippen molar-refractivity contribution in [2.45, 2.75) is 32.7 Å². The Labute approximate surface area is 181 Å². The van der Waals surface area contributed by atoms with Crippen molar-refractivity contribution in [3.8, 4) is 17.0 Å². The molecular weight excluding hydrogens is 398 g/mol. The number of fused-ring (bicyclic) bond motifs is 1. The summed E-state index contributed by atoms with van der Waals surface area (Å²) in [5.41, 5.74) is 4.50. The number of halogens is 1. The van der Waals surface area contributed by atoms with E-state index in [1.807, 2.05) is 47.4 Å². The molecule has 5 nitrogen and oxygen atoms in total. The summed E-state index contributed by atoms with van der Waals surface area (Å²) in [4.78, 5) is 24.7. The van der Waals surface area contributed by atoms with Crippen molar-refractivity contribution in [2.24, 2.45) is 0 Å². The van der Waals surface area contributed by atoms with E-state index in [0.29, 0.717) is 35.8 Å². The minimum Gasteiger partial charge on any atom is -0.497 e. The first-order chi connectivity index (χ1) is 14.5. The fourth-order valence-electron chi connectivity index (χ4n) is 3.65. The van der Waals surface area contributed by atoms with E-state index in [4.69, 9.17) is 26.3 Å². The molecule has 1 aromatic heterocycles. The van der Waals surface area contributed by atoms with Gasteiger partial charge in [0.2, 0.25) is 0 Å². The van der Waals surface area contributed by atoms with Crippen molar-refractivity contribution < 1.29 is 9.53 Å². The standard InChI is InChI=1S/C24H24ClN3O2/c1-15(2)23-26-21-11-12-28(24(29)17-5-4-6-19(13-17)30-3)14-20(21)22(27-23)16-7-9-18(25)10-8-16/h4-10,13,15H,11-12,14H2,1-3H3. The summed E-state index contributed by atoms with van der Waals surface area (Å²) in [7, 11) is 1.60. The van der Waals surface area contributed by atoms with Gasteiger partial charge in [0, 0.05) is 47.1 Å². The fourth-order valence-corrected chi connectivity index (χ4v) is 3.78. The molecule has 2 aromatic carbocycles. The normalized spacial score (nSPS) is 13.3. The monoisotopic (exact) mass is 421 g/mol. The predicted molar refractivity (Wildman–Crippen MR) is 118 cm³/mol. The van der Waals surface area contributed by atoms with Crippen LogP contribution in [0, 0.1) is 0 Å². The van der Waals surface area contributed by atoms with Gasteiger partial charge in [-0.25, -0.2) is 9.97 Å². The van der Waals surface area contributed by atoms with Gasteiger partial charge in [-0.05, 0) is 30.3 Å². The molecule has 154 valence electrons. The van der Waals surface area contributed by atoms with Crippen LogP contribution in [0.25, 0.3) is 11.3 Å². The molecule has 0 saturated carbocycles. The molecule has 0 saturated heterocycles. The minimum absolute atomic E-state index is 0.0189. The molecule has 0 radical (unpaired) electrons. The van der Waals surface area contributed by atoms with Crippen LogP contribution in [0.15, 0.2) is 48.5 Å². The lowest BCUT2D eigenvalue weighted by Crippen LogP contribution is -2.37. The smallest absolute Gasteiger partial charge is 0.254 e. The molecule has 6 heteroatoms. The van der Waals surface area contributed by atoms with Crippen molar-refractivity contribution in [3.63, 3.8) is 0 Å². The third-order valence-corrected chi connectivity index (χ3v) is 5.57. The highest BCUT2D eigenvalue weighted by atomic mass is 35.5. The maximum atomic E-state index is 13.2.